The fourth-order valence-electron chi connectivity index (χ4n) is 4.10. The summed E-state index contributed by atoms with van der Waals surface area (Å²) in [6, 6.07) is 17.3. The summed E-state index contributed by atoms with van der Waals surface area (Å²) < 4.78 is 11.5. The Hall–Kier alpha value is -2.69. The number of carbonyl (C=O) groups excluding carboxylic acids is 1. The first-order valence-corrected chi connectivity index (χ1v) is 11.4. The lowest BCUT2D eigenvalue weighted by Crippen LogP contribution is -2.42. The average molecular weight is 423 g/mol. The number of nitrogens with zero attached hydrogens (tertiary/aromatic N) is 2. The fourth-order valence-corrected chi connectivity index (χ4v) is 4.10. The van der Waals surface area contributed by atoms with Crippen molar-refractivity contribution in [2.45, 2.75) is 58.1 Å². The Balaban J connectivity index is 1.28. The fraction of sp³-hybridized carbons (Fsp3) is 0.500. The molecule has 2 aromatic carbocycles. The van der Waals surface area contributed by atoms with E-state index in [0.717, 1.165) is 31.6 Å². The van der Waals surface area contributed by atoms with Crippen molar-refractivity contribution >= 4 is 11.8 Å². The van der Waals surface area contributed by atoms with Gasteiger partial charge in [0, 0.05) is 25.3 Å². The third-order valence-corrected chi connectivity index (χ3v) is 5.94. The topological polar surface area (TPSA) is 42.0 Å². The molecule has 0 spiro atoms. The van der Waals surface area contributed by atoms with Gasteiger partial charge in [0.1, 0.15) is 18.0 Å². The van der Waals surface area contributed by atoms with Crippen LogP contribution in [-0.2, 0) is 11.2 Å². The predicted molar refractivity (Wildman–Crippen MR) is 124 cm³/mol. The quantitative estimate of drug-likeness (QED) is 0.636. The number of hydrogen-bond donors (Lipinski definition) is 0. The number of anilines is 1. The minimum atomic E-state index is -0.476. The average Bonchev–Trinajstić information content (AvgIpc) is 3.15. The molecule has 2 saturated heterocycles. The molecule has 2 aliphatic rings. The van der Waals surface area contributed by atoms with Gasteiger partial charge in [0.25, 0.3) is 0 Å². The molecule has 5 nitrogen and oxygen atoms in total. The van der Waals surface area contributed by atoms with Gasteiger partial charge in [0.15, 0.2) is 0 Å². The van der Waals surface area contributed by atoms with Crippen LogP contribution in [0.3, 0.4) is 0 Å². The molecule has 0 aromatic heterocycles. The van der Waals surface area contributed by atoms with Gasteiger partial charge in [-0.3, -0.25) is 0 Å². The van der Waals surface area contributed by atoms with Crippen molar-refractivity contribution in [1.82, 2.24) is 4.90 Å². The minimum Gasteiger partial charge on any atom is -0.491 e. The lowest BCUT2D eigenvalue weighted by molar-refractivity contribution is 0.0187. The Morgan fingerprint density at radius 1 is 0.935 bits per heavy atom. The zero-order chi connectivity index (χ0) is 21.8. The summed E-state index contributed by atoms with van der Waals surface area (Å²) in [7, 11) is 0. The van der Waals surface area contributed by atoms with Gasteiger partial charge in [-0.2, -0.15) is 0 Å². The van der Waals surface area contributed by atoms with Crippen LogP contribution < -0.4 is 9.64 Å². The van der Waals surface area contributed by atoms with Crippen LogP contribution in [-0.4, -0.2) is 48.9 Å². The van der Waals surface area contributed by atoms with Crippen LogP contribution in [0.1, 0.15) is 51.2 Å². The highest BCUT2D eigenvalue weighted by molar-refractivity contribution is 5.69. The SMILES string of the molecule is CC(C)(C)OC(=O)N1CCCC1COc1ccc(Cc2ccc(N3CCC3)cc2)cc1. The van der Waals surface area contributed by atoms with Crippen LogP contribution in [0.15, 0.2) is 48.5 Å². The second kappa shape index (κ2) is 9.21. The monoisotopic (exact) mass is 422 g/mol. The van der Waals surface area contributed by atoms with Crippen LogP contribution in [0.2, 0.25) is 0 Å². The minimum absolute atomic E-state index is 0.0689. The molecule has 2 heterocycles. The lowest BCUT2D eigenvalue weighted by Gasteiger charge is -2.33. The molecule has 0 aliphatic carbocycles. The number of ether oxygens (including phenoxy) is 2. The van der Waals surface area contributed by atoms with E-state index in [1.54, 1.807) is 0 Å². The third kappa shape index (κ3) is 5.72. The van der Waals surface area contributed by atoms with E-state index in [4.69, 9.17) is 9.47 Å². The highest BCUT2D eigenvalue weighted by atomic mass is 16.6. The molecule has 0 radical (unpaired) electrons. The molecule has 166 valence electrons. The zero-order valence-corrected chi connectivity index (χ0v) is 19.0. The van der Waals surface area contributed by atoms with Crippen molar-refractivity contribution in [2.24, 2.45) is 0 Å². The molecule has 0 N–H and O–H groups in total. The second-order valence-electron chi connectivity index (χ2n) is 9.61. The van der Waals surface area contributed by atoms with Gasteiger partial charge in [-0.25, -0.2) is 4.79 Å². The molecule has 0 bridgehead atoms. The molecule has 1 amide bonds. The van der Waals surface area contributed by atoms with Gasteiger partial charge < -0.3 is 19.3 Å². The van der Waals surface area contributed by atoms with E-state index in [2.05, 4.69) is 41.3 Å². The third-order valence-electron chi connectivity index (χ3n) is 5.94. The summed E-state index contributed by atoms with van der Waals surface area (Å²) >= 11 is 0. The number of likely N-dealkylation sites (tertiary alicyclic amines) is 1. The van der Waals surface area contributed by atoms with E-state index in [1.165, 1.54) is 36.3 Å². The van der Waals surface area contributed by atoms with Gasteiger partial charge in [-0.1, -0.05) is 24.3 Å². The maximum atomic E-state index is 12.4. The Morgan fingerprint density at radius 2 is 1.58 bits per heavy atom. The molecule has 4 rings (SSSR count). The van der Waals surface area contributed by atoms with Crippen molar-refractivity contribution in [3.05, 3.63) is 59.7 Å². The van der Waals surface area contributed by atoms with E-state index in [1.807, 2.05) is 37.8 Å². The Bertz CT molecular complexity index is 867. The normalized spacial score (nSPS) is 18.6. The smallest absolute Gasteiger partial charge is 0.410 e. The first-order chi connectivity index (χ1) is 14.9. The Labute approximate surface area is 185 Å². The van der Waals surface area contributed by atoms with E-state index in [-0.39, 0.29) is 12.1 Å². The molecule has 2 aliphatic heterocycles. The van der Waals surface area contributed by atoms with Crippen molar-refractivity contribution in [1.29, 1.82) is 0 Å². The summed E-state index contributed by atoms with van der Waals surface area (Å²) in [5.41, 5.74) is 3.43. The first kappa shape index (κ1) is 21.5. The summed E-state index contributed by atoms with van der Waals surface area (Å²) in [6.45, 7) is 9.28. The number of benzene rings is 2. The van der Waals surface area contributed by atoms with Crippen molar-refractivity contribution in [3.63, 3.8) is 0 Å². The Morgan fingerprint density at radius 3 is 2.16 bits per heavy atom. The summed E-state index contributed by atoms with van der Waals surface area (Å²) in [6.07, 6.45) is 3.91. The van der Waals surface area contributed by atoms with Gasteiger partial charge in [0.2, 0.25) is 0 Å². The molecule has 0 saturated carbocycles. The first-order valence-electron chi connectivity index (χ1n) is 11.4. The molecule has 31 heavy (non-hydrogen) atoms. The maximum Gasteiger partial charge on any atom is 0.410 e. The van der Waals surface area contributed by atoms with Crippen molar-refractivity contribution in [2.75, 3.05) is 31.1 Å². The number of amides is 1. The second-order valence-corrected chi connectivity index (χ2v) is 9.61. The predicted octanol–water partition coefficient (Wildman–Crippen LogP) is 5.27. The Kier molecular flexibility index (Phi) is 6.40. The highest BCUT2D eigenvalue weighted by Crippen LogP contribution is 2.24. The lowest BCUT2D eigenvalue weighted by atomic mass is 10.0. The van der Waals surface area contributed by atoms with E-state index < -0.39 is 5.60 Å². The van der Waals surface area contributed by atoms with Gasteiger partial charge >= 0.3 is 6.09 Å². The van der Waals surface area contributed by atoms with Crippen LogP contribution in [0, 0.1) is 0 Å². The number of hydrogen-bond acceptors (Lipinski definition) is 4. The van der Waals surface area contributed by atoms with E-state index in [0.29, 0.717) is 6.61 Å². The standard InChI is InChI=1S/C26H34N2O3/c1-26(2,3)31-25(29)28-17-4-6-23(28)19-30-24-13-9-21(10-14-24)18-20-7-11-22(12-8-20)27-15-5-16-27/h7-14,23H,4-6,15-19H2,1-3H3. The van der Waals surface area contributed by atoms with Crippen LogP contribution in [0.4, 0.5) is 10.5 Å². The molecule has 5 heteroatoms. The summed E-state index contributed by atoms with van der Waals surface area (Å²) in [4.78, 5) is 16.6. The largest absolute Gasteiger partial charge is 0.491 e. The molecular weight excluding hydrogens is 388 g/mol. The van der Waals surface area contributed by atoms with Crippen molar-refractivity contribution < 1.29 is 14.3 Å². The molecule has 2 aromatic rings. The number of rotatable bonds is 6. The maximum absolute atomic E-state index is 12.4. The van der Waals surface area contributed by atoms with Crippen LogP contribution >= 0.6 is 0 Å². The van der Waals surface area contributed by atoms with Crippen molar-refractivity contribution in [3.8, 4) is 5.75 Å². The van der Waals surface area contributed by atoms with E-state index in [9.17, 15) is 4.79 Å². The summed E-state index contributed by atoms with van der Waals surface area (Å²) in [5.74, 6) is 0.841. The summed E-state index contributed by atoms with van der Waals surface area (Å²) in [5, 5.41) is 0. The number of carbonyl (C=O) groups is 1. The molecular formula is C26H34N2O3. The highest BCUT2D eigenvalue weighted by Gasteiger charge is 2.32. The van der Waals surface area contributed by atoms with E-state index >= 15 is 0 Å². The van der Waals surface area contributed by atoms with Gasteiger partial charge in [-0.15, -0.1) is 0 Å². The molecule has 1 unspecified atom stereocenters. The molecule has 2 fully saturated rings. The van der Waals surface area contributed by atoms with Crippen LogP contribution in [0.25, 0.3) is 0 Å². The van der Waals surface area contributed by atoms with Gasteiger partial charge in [-0.05, 0) is 81.8 Å². The molecule has 1 atom stereocenters. The van der Waals surface area contributed by atoms with Crippen LogP contribution in [0.5, 0.6) is 5.75 Å². The zero-order valence-electron chi connectivity index (χ0n) is 19.0. The van der Waals surface area contributed by atoms with Gasteiger partial charge in [0.05, 0.1) is 6.04 Å².